The summed E-state index contributed by atoms with van der Waals surface area (Å²) in [7, 11) is -2.30. The molecular formula is C21H28N2O5S. The molecule has 3 N–H and O–H groups in total. The zero-order valence-electron chi connectivity index (χ0n) is 16.9. The second kappa shape index (κ2) is 10.3. The van der Waals surface area contributed by atoms with Crippen molar-refractivity contribution in [1.82, 2.24) is 4.72 Å². The summed E-state index contributed by atoms with van der Waals surface area (Å²) in [4.78, 5) is 11.2. The number of nitrogens with one attached hydrogen (secondary N) is 2. The van der Waals surface area contributed by atoms with E-state index < -0.39 is 16.0 Å². The Labute approximate surface area is 172 Å². The Bertz CT molecular complexity index is 925. The topological polar surface area (TPSA) is 105 Å². The van der Waals surface area contributed by atoms with Crippen molar-refractivity contribution in [1.29, 1.82) is 0 Å². The first-order valence-electron chi connectivity index (χ1n) is 9.46. The number of carboxylic acid groups (broad SMARTS) is 1. The van der Waals surface area contributed by atoms with Crippen molar-refractivity contribution >= 4 is 21.7 Å². The largest absolute Gasteiger partial charge is 0.497 e. The fourth-order valence-electron chi connectivity index (χ4n) is 2.72. The molecule has 0 aromatic heterocycles. The third kappa shape index (κ3) is 6.76. The standard InChI is InChI=1S/C21H28N2O5S/c1-15(2)10-12-22-19-9-6-17(21(24)25)14-20(19)29(26,27)23-13-11-16-4-7-18(28-3)8-5-16/h4-9,14-15,22-23H,10-13H2,1-3H3,(H,24,25). The maximum absolute atomic E-state index is 12.9. The SMILES string of the molecule is COc1ccc(CCNS(=O)(=O)c2cc(C(=O)O)ccc2NCCC(C)C)cc1. The van der Waals surface area contributed by atoms with Crippen molar-refractivity contribution in [2.75, 3.05) is 25.5 Å². The van der Waals surface area contributed by atoms with E-state index in [2.05, 4.69) is 23.9 Å². The highest BCUT2D eigenvalue weighted by Gasteiger charge is 2.20. The molecule has 0 aliphatic heterocycles. The van der Waals surface area contributed by atoms with Gasteiger partial charge in [0.2, 0.25) is 10.0 Å². The van der Waals surface area contributed by atoms with Crippen LogP contribution in [0.2, 0.25) is 0 Å². The summed E-state index contributed by atoms with van der Waals surface area (Å²) in [5.74, 6) is 0.0221. The monoisotopic (exact) mass is 420 g/mol. The molecule has 0 saturated heterocycles. The number of aromatic carboxylic acids is 1. The Morgan fingerprint density at radius 2 is 1.79 bits per heavy atom. The van der Waals surface area contributed by atoms with Crippen LogP contribution in [0, 0.1) is 5.92 Å². The van der Waals surface area contributed by atoms with E-state index in [4.69, 9.17) is 4.74 Å². The number of rotatable bonds is 11. The Kier molecular flexibility index (Phi) is 8.04. The van der Waals surface area contributed by atoms with Crippen LogP contribution in [0.15, 0.2) is 47.4 Å². The van der Waals surface area contributed by atoms with Crippen LogP contribution in [0.5, 0.6) is 5.75 Å². The maximum atomic E-state index is 12.9. The molecule has 0 atom stereocenters. The average Bonchev–Trinajstić information content (AvgIpc) is 2.68. The number of sulfonamides is 1. The summed E-state index contributed by atoms with van der Waals surface area (Å²) >= 11 is 0. The van der Waals surface area contributed by atoms with Crippen LogP contribution in [0.1, 0.15) is 36.2 Å². The lowest BCUT2D eigenvalue weighted by atomic mass is 10.1. The number of ether oxygens (including phenoxy) is 1. The molecule has 8 heteroatoms. The van der Waals surface area contributed by atoms with Crippen LogP contribution in [-0.4, -0.2) is 39.7 Å². The van der Waals surface area contributed by atoms with Gasteiger partial charge in [0, 0.05) is 13.1 Å². The van der Waals surface area contributed by atoms with E-state index in [0.29, 0.717) is 24.6 Å². The van der Waals surface area contributed by atoms with Crippen molar-refractivity contribution in [3.05, 3.63) is 53.6 Å². The smallest absolute Gasteiger partial charge is 0.335 e. The van der Waals surface area contributed by atoms with Crippen LogP contribution in [0.4, 0.5) is 5.69 Å². The van der Waals surface area contributed by atoms with Crippen LogP contribution >= 0.6 is 0 Å². The number of anilines is 1. The van der Waals surface area contributed by atoms with Gasteiger partial charge >= 0.3 is 5.97 Å². The van der Waals surface area contributed by atoms with E-state index in [1.165, 1.54) is 18.2 Å². The van der Waals surface area contributed by atoms with Gasteiger partial charge in [-0.1, -0.05) is 26.0 Å². The lowest BCUT2D eigenvalue weighted by Crippen LogP contribution is -2.27. The number of methoxy groups -OCH3 is 1. The molecule has 0 spiro atoms. The summed E-state index contributed by atoms with van der Waals surface area (Å²) in [6, 6.07) is 11.5. The van der Waals surface area contributed by atoms with Crippen molar-refractivity contribution in [3.8, 4) is 5.75 Å². The van der Waals surface area contributed by atoms with Gasteiger partial charge in [0.25, 0.3) is 0 Å². The van der Waals surface area contributed by atoms with Gasteiger partial charge in [-0.2, -0.15) is 0 Å². The summed E-state index contributed by atoms with van der Waals surface area (Å²) < 4.78 is 33.4. The molecule has 0 heterocycles. The molecule has 158 valence electrons. The predicted molar refractivity (Wildman–Crippen MR) is 113 cm³/mol. The molecule has 0 unspecified atom stereocenters. The average molecular weight is 421 g/mol. The summed E-state index contributed by atoms with van der Waals surface area (Å²) in [5.41, 5.74) is 1.28. The molecule has 7 nitrogen and oxygen atoms in total. The summed E-state index contributed by atoms with van der Waals surface area (Å²) in [6.07, 6.45) is 1.36. The third-order valence-electron chi connectivity index (χ3n) is 4.42. The van der Waals surface area contributed by atoms with Gasteiger partial charge < -0.3 is 15.2 Å². The zero-order chi connectivity index (χ0) is 21.4. The van der Waals surface area contributed by atoms with Crippen molar-refractivity contribution < 1.29 is 23.1 Å². The molecule has 2 rings (SSSR count). The molecule has 0 fully saturated rings. The lowest BCUT2D eigenvalue weighted by molar-refractivity contribution is 0.0696. The van der Waals surface area contributed by atoms with E-state index in [1.54, 1.807) is 7.11 Å². The minimum atomic E-state index is -3.88. The van der Waals surface area contributed by atoms with Gasteiger partial charge in [0.05, 0.1) is 18.4 Å². The molecule has 2 aromatic carbocycles. The zero-order valence-corrected chi connectivity index (χ0v) is 17.8. The van der Waals surface area contributed by atoms with Gasteiger partial charge in [-0.15, -0.1) is 0 Å². The highest BCUT2D eigenvalue weighted by atomic mass is 32.2. The molecule has 0 bridgehead atoms. The minimum absolute atomic E-state index is 0.0594. The highest BCUT2D eigenvalue weighted by Crippen LogP contribution is 2.23. The Morgan fingerprint density at radius 3 is 2.38 bits per heavy atom. The first-order valence-corrected chi connectivity index (χ1v) is 10.9. The van der Waals surface area contributed by atoms with Crippen LogP contribution < -0.4 is 14.8 Å². The van der Waals surface area contributed by atoms with E-state index in [-0.39, 0.29) is 17.0 Å². The molecule has 0 aliphatic rings. The van der Waals surface area contributed by atoms with Crippen LogP contribution in [-0.2, 0) is 16.4 Å². The van der Waals surface area contributed by atoms with Gasteiger partial charge in [-0.3, -0.25) is 0 Å². The lowest BCUT2D eigenvalue weighted by Gasteiger charge is -2.15. The van der Waals surface area contributed by atoms with E-state index >= 15 is 0 Å². The second-order valence-corrected chi connectivity index (χ2v) is 8.86. The van der Waals surface area contributed by atoms with Gasteiger partial charge in [0.15, 0.2) is 0 Å². The summed E-state index contributed by atoms with van der Waals surface area (Å²) in [6.45, 7) is 4.94. The number of carbonyl (C=O) groups is 1. The second-order valence-electron chi connectivity index (χ2n) is 7.12. The van der Waals surface area contributed by atoms with Crippen LogP contribution in [0.25, 0.3) is 0 Å². The maximum Gasteiger partial charge on any atom is 0.335 e. The van der Waals surface area contributed by atoms with Gasteiger partial charge in [-0.25, -0.2) is 17.9 Å². The Balaban J connectivity index is 2.14. The molecule has 29 heavy (non-hydrogen) atoms. The molecule has 0 aliphatic carbocycles. The van der Waals surface area contributed by atoms with Crippen molar-refractivity contribution in [3.63, 3.8) is 0 Å². The Hall–Kier alpha value is -2.58. The van der Waals surface area contributed by atoms with Crippen LogP contribution in [0.3, 0.4) is 0 Å². The normalized spacial score (nSPS) is 11.4. The van der Waals surface area contributed by atoms with Gasteiger partial charge in [0.1, 0.15) is 10.6 Å². The van der Waals surface area contributed by atoms with Gasteiger partial charge in [-0.05, 0) is 54.7 Å². The first-order chi connectivity index (χ1) is 13.7. The third-order valence-corrected chi connectivity index (χ3v) is 5.92. The number of benzene rings is 2. The van der Waals surface area contributed by atoms with Crippen molar-refractivity contribution in [2.45, 2.75) is 31.6 Å². The fraction of sp³-hybridized carbons (Fsp3) is 0.381. The molecular weight excluding hydrogens is 392 g/mol. The molecule has 2 aromatic rings. The van der Waals surface area contributed by atoms with E-state index in [1.807, 2.05) is 24.3 Å². The molecule has 0 saturated carbocycles. The quantitative estimate of drug-likeness (QED) is 0.515. The van der Waals surface area contributed by atoms with E-state index in [9.17, 15) is 18.3 Å². The molecule has 0 radical (unpaired) electrons. The predicted octanol–water partition coefficient (Wildman–Crippen LogP) is 3.37. The van der Waals surface area contributed by atoms with Crippen molar-refractivity contribution in [2.24, 2.45) is 5.92 Å². The molecule has 0 amide bonds. The number of hydrogen-bond donors (Lipinski definition) is 3. The van der Waals surface area contributed by atoms with E-state index in [0.717, 1.165) is 17.7 Å². The minimum Gasteiger partial charge on any atom is -0.497 e. The fourth-order valence-corrected chi connectivity index (χ4v) is 3.96. The Morgan fingerprint density at radius 1 is 1.10 bits per heavy atom. The number of hydrogen-bond acceptors (Lipinski definition) is 5. The highest BCUT2D eigenvalue weighted by molar-refractivity contribution is 7.89. The summed E-state index contributed by atoms with van der Waals surface area (Å²) in [5, 5.41) is 12.3. The number of carboxylic acids is 1. The first kappa shape index (κ1) is 22.7.